The van der Waals surface area contributed by atoms with Crippen LogP contribution >= 0.6 is 11.8 Å². The number of rotatable bonds is 7. The molecule has 0 bridgehead atoms. The highest BCUT2D eigenvalue weighted by Crippen LogP contribution is 2.32. The predicted octanol–water partition coefficient (Wildman–Crippen LogP) is 3.83. The van der Waals surface area contributed by atoms with Gasteiger partial charge in [0, 0.05) is 23.9 Å². The first-order chi connectivity index (χ1) is 15.5. The zero-order chi connectivity index (χ0) is 22.0. The van der Waals surface area contributed by atoms with Crippen molar-refractivity contribution in [1.29, 1.82) is 0 Å². The van der Waals surface area contributed by atoms with E-state index in [0.717, 1.165) is 33.2 Å². The van der Waals surface area contributed by atoms with E-state index in [1.54, 1.807) is 18.0 Å². The van der Waals surface area contributed by atoms with E-state index in [9.17, 15) is 0 Å². The summed E-state index contributed by atoms with van der Waals surface area (Å²) in [6.45, 7) is 6.29. The number of hydrogen-bond acceptors (Lipinski definition) is 8. The maximum atomic E-state index is 6.07. The summed E-state index contributed by atoms with van der Waals surface area (Å²) in [5.41, 5.74) is 4.00. The summed E-state index contributed by atoms with van der Waals surface area (Å²) in [7, 11) is 0. The van der Waals surface area contributed by atoms with Crippen LogP contribution in [-0.2, 0) is 24.7 Å². The maximum absolute atomic E-state index is 6.07. The lowest BCUT2D eigenvalue weighted by Gasteiger charge is -2.41. The molecule has 0 aliphatic carbocycles. The molecule has 170 valence electrons. The van der Waals surface area contributed by atoms with Gasteiger partial charge in [0.15, 0.2) is 10.9 Å². The zero-order valence-corrected chi connectivity index (χ0v) is 19.1. The molecule has 1 N–H and O–H groups in total. The van der Waals surface area contributed by atoms with E-state index in [-0.39, 0.29) is 0 Å². The van der Waals surface area contributed by atoms with Crippen LogP contribution in [0.5, 0.6) is 5.75 Å². The fourth-order valence-corrected chi connectivity index (χ4v) is 4.67. The molecule has 0 unspecified atom stereocenters. The Labute approximate surface area is 191 Å². The number of H-pyrrole nitrogens is 1. The van der Waals surface area contributed by atoms with Crippen LogP contribution in [0.1, 0.15) is 24.6 Å². The van der Waals surface area contributed by atoms with Crippen LogP contribution in [0.15, 0.2) is 41.7 Å². The fourth-order valence-electron chi connectivity index (χ4n) is 3.76. The Bertz CT molecular complexity index is 1040. The highest BCUT2D eigenvalue weighted by atomic mass is 32.2. The van der Waals surface area contributed by atoms with Gasteiger partial charge in [-0.25, -0.2) is 4.98 Å². The molecular formula is C23H27N3O5S. The molecule has 0 radical (unpaired) electrons. The molecule has 2 fully saturated rings. The van der Waals surface area contributed by atoms with Gasteiger partial charge >= 0.3 is 0 Å². The number of pyridine rings is 1. The lowest BCUT2D eigenvalue weighted by Crippen LogP contribution is -2.53. The molecule has 2 saturated heterocycles. The molecule has 0 amide bonds. The van der Waals surface area contributed by atoms with Crippen LogP contribution in [0, 0.1) is 6.92 Å². The summed E-state index contributed by atoms with van der Waals surface area (Å²) in [5, 5.41) is 0.881. The largest absolute Gasteiger partial charge is 0.493 e. The van der Waals surface area contributed by atoms with Crippen molar-refractivity contribution >= 4 is 22.8 Å². The van der Waals surface area contributed by atoms with E-state index >= 15 is 0 Å². The highest BCUT2D eigenvalue weighted by molar-refractivity contribution is 7.98. The van der Waals surface area contributed by atoms with Gasteiger partial charge in [0.1, 0.15) is 19.0 Å². The molecule has 3 aromatic rings. The van der Waals surface area contributed by atoms with E-state index in [1.165, 1.54) is 0 Å². The summed E-state index contributed by atoms with van der Waals surface area (Å²) in [6.07, 6.45) is 2.37. The number of hydrogen-bond donors (Lipinski definition) is 1. The SMILES string of the molecule is Cc1c(OCCC2(C)OCC3(CO2)OCCO3)ccnc1CSc1nc2ccccc2[nH]1. The number of aromatic nitrogens is 3. The van der Waals surface area contributed by atoms with E-state index in [2.05, 4.69) is 15.0 Å². The molecule has 5 rings (SSSR count). The van der Waals surface area contributed by atoms with Crippen LogP contribution in [0.25, 0.3) is 11.0 Å². The summed E-state index contributed by atoms with van der Waals surface area (Å²) in [6, 6.07) is 9.91. The second-order valence-corrected chi connectivity index (χ2v) is 9.11. The van der Waals surface area contributed by atoms with Crippen molar-refractivity contribution in [1.82, 2.24) is 15.0 Å². The van der Waals surface area contributed by atoms with Gasteiger partial charge < -0.3 is 28.7 Å². The molecule has 0 saturated carbocycles. The Kier molecular flexibility index (Phi) is 6.09. The third-order valence-electron chi connectivity index (χ3n) is 5.79. The van der Waals surface area contributed by atoms with Crippen molar-refractivity contribution in [3.05, 3.63) is 47.8 Å². The summed E-state index contributed by atoms with van der Waals surface area (Å²) in [5.74, 6) is 0.0590. The first-order valence-electron chi connectivity index (χ1n) is 10.7. The highest BCUT2D eigenvalue weighted by Gasteiger charge is 2.46. The molecule has 2 aromatic heterocycles. The number of aromatic amines is 1. The Hall–Kier alpha value is -2.17. The minimum Gasteiger partial charge on any atom is -0.493 e. The van der Waals surface area contributed by atoms with E-state index < -0.39 is 11.6 Å². The van der Waals surface area contributed by atoms with Crippen molar-refractivity contribution in [3.63, 3.8) is 0 Å². The Balaban J connectivity index is 1.15. The molecule has 0 atom stereocenters. The number of thioether (sulfide) groups is 1. The molecule has 32 heavy (non-hydrogen) atoms. The number of ether oxygens (including phenoxy) is 5. The molecule has 1 aromatic carbocycles. The van der Waals surface area contributed by atoms with Crippen LogP contribution in [0.2, 0.25) is 0 Å². The number of imidazole rings is 1. The molecule has 2 aliphatic rings. The minimum atomic E-state index is -0.742. The first kappa shape index (κ1) is 21.7. The van der Waals surface area contributed by atoms with Gasteiger partial charge in [-0.05, 0) is 32.0 Å². The van der Waals surface area contributed by atoms with Crippen molar-refractivity contribution in [2.24, 2.45) is 0 Å². The average Bonchev–Trinajstić information content (AvgIpc) is 3.43. The lowest BCUT2D eigenvalue weighted by molar-refractivity contribution is -0.358. The van der Waals surface area contributed by atoms with Gasteiger partial charge in [0.25, 0.3) is 0 Å². The molecule has 9 heteroatoms. The van der Waals surface area contributed by atoms with Crippen LogP contribution in [0.4, 0.5) is 0 Å². The monoisotopic (exact) mass is 457 g/mol. The van der Waals surface area contributed by atoms with Gasteiger partial charge in [-0.3, -0.25) is 4.98 Å². The van der Waals surface area contributed by atoms with Crippen LogP contribution < -0.4 is 4.74 Å². The van der Waals surface area contributed by atoms with E-state index in [4.69, 9.17) is 23.7 Å². The first-order valence-corrected chi connectivity index (χ1v) is 11.7. The normalized spacial score (nSPS) is 19.6. The van der Waals surface area contributed by atoms with Gasteiger partial charge in [0.05, 0.1) is 36.5 Å². The average molecular weight is 458 g/mol. The third kappa shape index (κ3) is 4.62. The lowest BCUT2D eigenvalue weighted by atomic mass is 10.2. The van der Waals surface area contributed by atoms with Gasteiger partial charge in [-0.2, -0.15) is 0 Å². The summed E-state index contributed by atoms with van der Waals surface area (Å²) >= 11 is 1.63. The van der Waals surface area contributed by atoms with Gasteiger partial charge in [0.2, 0.25) is 5.79 Å². The predicted molar refractivity (Wildman–Crippen MR) is 120 cm³/mol. The molecule has 2 aliphatic heterocycles. The minimum absolute atomic E-state index is 0.362. The number of nitrogens with one attached hydrogen (secondary N) is 1. The van der Waals surface area contributed by atoms with Gasteiger partial charge in [-0.15, -0.1) is 0 Å². The number of nitrogens with zero attached hydrogens (tertiary/aromatic N) is 2. The van der Waals surface area contributed by atoms with Crippen molar-refractivity contribution < 1.29 is 23.7 Å². The van der Waals surface area contributed by atoms with Crippen molar-refractivity contribution in [2.75, 3.05) is 33.0 Å². The van der Waals surface area contributed by atoms with Crippen LogP contribution in [-0.4, -0.2) is 59.6 Å². The number of benzene rings is 1. The van der Waals surface area contributed by atoms with Crippen LogP contribution in [0.3, 0.4) is 0 Å². The van der Waals surface area contributed by atoms with E-state index in [0.29, 0.717) is 45.2 Å². The summed E-state index contributed by atoms with van der Waals surface area (Å²) < 4.78 is 29.2. The Morgan fingerprint density at radius 3 is 2.66 bits per heavy atom. The standard InChI is InChI=1S/C23H27N3O5S/c1-16-19(13-32-21-25-17-5-3-4-6-18(17)26-21)24-9-7-20(16)27-10-8-22(2)30-14-23(15-31-22)28-11-12-29-23/h3-7,9H,8,10-15H2,1-2H3,(H,25,26). The Morgan fingerprint density at radius 2 is 1.88 bits per heavy atom. The van der Waals surface area contributed by atoms with E-state index in [1.807, 2.05) is 44.2 Å². The summed E-state index contributed by atoms with van der Waals surface area (Å²) in [4.78, 5) is 12.5. The zero-order valence-electron chi connectivity index (χ0n) is 18.3. The quantitative estimate of drug-likeness (QED) is 0.536. The van der Waals surface area contributed by atoms with Crippen molar-refractivity contribution in [3.8, 4) is 5.75 Å². The number of para-hydroxylation sites is 2. The number of fused-ring (bicyclic) bond motifs is 1. The maximum Gasteiger partial charge on any atom is 0.216 e. The topological polar surface area (TPSA) is 87.7 Å². The molecule has 8 nitrogen and oxygen atoms in total. The smallest absolute Gasteiger partial charge is 0.216 e. The second kappa shape index (κ2) is 8.99. The fraction of sp³-hybridized carbons (Fsp3) is 0.478. The van der Waals surface area contributed by atoms with Crippen molar-refractivity contribution in [2.45, 2.75) is 42.8 Å². The molecule has 1 spiro atoms. The molecular weight excluding hydrogens is 430 g/mol. The van der Waals surface area contributed by atoms with Gasteiger partial charge in [-0.1, -0.05) is 23.9 Å². The second-order valence-electron chi connectivity index (χ2n) is 8.15. The third-order valence-corrected chi connectivity index (χ3v) is 6.68. The Morgan fingerprint density at radius 1 is 1.09 bits per heavy atom. The molecule has 4 heterocycles.